The van der Waals surface area contributed by atoms with Gasteiger partial charge in [-0.05, 0) is 42.2 Å². The Morgan fingerprint density at radius 2 is 1.82 bits per heavy atom. The largest absolute Gasteiger partial charge is 0.358 e. The lowest BCUT2D eigenvalue weighted by Gasteiger charge is -2.19. The lowest BCUT2D eigenvalue weighted by molar-refractivity contribution is 0.594. The molecule has 3 rings (SSSR count). The summed E-state index contributed by atoms with van der Waals surface area (Å²) in [6.45, 7) is 6.88. The Bertz CT molecular complexity index is 555. The van der Waals surface area contributed by atoms with Crippen molar-refractivity contribution in [2.75, 3.05) is 0 Å². The van der Waals surface area contributed by atoms with Crippen LogP contribution in [0.15, 0.2) is 18.2 Å². The van der Waals surface area contributed by atoms with Gasteiger partial charge in [0.1, 0.15) is 0 Å². The molecule has 0 saturated heterocycles. The van der Waals surface area contributed by atoms with Gasteiger partial charge in [0, 0.05) is 16.6 Å². The molecule has 2 aromatic rings. The van der Waals surface area contributed by atoms with Crippen molar-refractivity contribution < 1.29 is 0 Å². The van der Waals surface area contributed by atoms with E-state index < -0.39 is 0 Å². The predicted molar refractivity (Wildman–Crippen MR) is 73.6 cm³/mol. The first kappa shape index (κ1) is 10.9. The van der Waals surface area contributed by atoms with Gasteiger partial charge in [-0.2, -0.15) is 0 Å². The number of H-pyrrole nitrogens is 1. The molecule has 0 atom stereocenters. The van der Waals surface area contributed by atoms with Crippen LogP contribution in [-0.4, -0.2) is 4.98 Å². The summed E-state index contributed by atoms with van der Waals surface area (Å²) < 4.78 is 0. The topological polar surface area (TPSA) is 15.8 Å². The summed E-state index contributed by atoms with van der Waals surface area (Å²) in [6.07, 6.45) is 5.17. The Morgan fingerprint density at radius 3 is 2.59 bits per heavy atom. The van der Waals surface area contributed by atoms with E-state index >= 15 is 0 Å². The van der Waals surface area contributed by atoms with Crippen LogP contribution in [0.2, 0.25) is 0 Å². The molecule has 1 aromatic carbocycles. The fourth-order valence-electron chi connectivity index (χ4n) is 3.05. The summed E-state index contributed by atoms with van der Waals surface area (Å²) in [5.41, 5.74) is 6.11. The molecule has 17 heavy (non-hydrogen) atoms. The lowest BCUT2D eigenvalue weighted by atomic mass is 9.85. The molecule has 0 fully saturated rings. The standard InChI is InChI=1S/C16H21N/c1-16(2,3)13-9-6-8-12-11-7-4-5-10-14(11)17-15(12)13/h6,8-9,17H,4-5,7,10H2,1-3H3. The maximum Gasteiger partial charge on any atom is 0.0496 e. The molecule has 0 unspecified atom stereocenters. The summed E-state index contributed by atoms with van der Waals surface area (Å²) in [5, 5.41) is 1.46. The molecular formula is C16H21N. The molecule has 0 radical (unpaired) electrons. The molecule has 1 nitrogen and oxygen atoms in total. The number of hydrogen-bond acceptors (Lipinski definition) is 0. The van der Waals surface area contributed by atoms with Crippen LogP contribution in [-0.2, 0) is 18.3 Å². The number of aromatic nitrogens is 1. The van der Waals surface area contributed by atoms with Gasteiger partial charge in [-0.3, -0.25) is 0 Å². The van der Waals surface area contributed by atoms with E-state index in [4.69, 9.17) is 0 Å². The number of nitrogens with one attached hydrogen (secondary N) is 1. The average molecular weight is 227 g/mol. The quantitative estimate of drug-likeness (QED) is 0.689. The number of aryl methyl sites for hydroxylation is 2. The third-order valence-corrected chi connectivity index (χ3v) is 3.94. The van der Waals surface area contributed by atoms with Gasteiger partial charge in [-0.15, -0.1) is 0 Å². The Morgan fingerprint density at radius 1 is 1.06 bits per heavy atom. The van der Waals surface area contributed by atoms with Crippen molar-refractivity contribution in [3.63, 3.8) is 0 Å². The minimum absolute atomic E-state index is 0.215. The second-order valence-corrected chi connectivity index (χ2v) is 6.27. The minimum atomic E-state index is 0.215. The van der Waals surface area contributed by atoms with Crippen molar-refractivity contribution >= 4 is 10.9 Å². The smallest absolute Gasteiger partial charge is 0.0496 e. The SMILES string of the molecule is CC(C)(C)c1cccc2c3c([nH]c12)CCCC3. The van der Waals surface area contributed by atoms with Crippen LogP contribution in [0, 0.1) is 0 Å². The zero-order valence-corrected chi connectivity index (χ0v) is 11.1. The normalized spacial score (nSPS) is 16.2. The molecule has 0 spiro atoms. The highest BCUT2D eigenvalue weighted by molar-refractivity contribution is 5.88. The van der Waals surface area contributed by atoms with Gasteiger partial charge in [0.05, 0.1) is 0 Å². The summed E-state index contributed by atoms with van der Waals surface area (Å²) in [5.74, 6) is 0. The van der Waals surface area contributed by atoms with Crippen LogP contribution in [0.1, 0.15) is 50.4 Å². The Kier molecular flexibility index (Phi) is 2.32. The number of fused-ring (bicyclic) bond motifs is 3. The molecule has 1 aromatic heterocycles. The zero-order valence-electron chi connectivity index (χ0n) is 11.1. The first-order chi connectivity index (χ1) is 8.07. The number of benzene rings is 1. The second-order valence-electron chi connectivity index (χ2n) is 6.27. The van der Waals surface area contributed by atoms with Crippen LogP contribution in [0.5, 0.6) is 0 Å². The summed E-state index contributed by atoms with van der Waals surface area (Å²) in [7, 11) is 0. The molecule has 0 bridgehead atoms. The molecule has 0 aliphatic heterocycles. The van der Waals surface area contributed by atoms with Crippen molar-refractivity contribution in [2.24, 2.45) is 0 Å². The van der Waals surface area contributed by atoms with Gasteiger partial charge in [-0.25, -0.2) is 0 Å². The minimum Gasteiger partial charge on any atom is -0.358 e. The van der Waals surface area contributed by atoms with Crippen LogP contribution in [0.4, 0.5) is 0 Å². The van der Waals surface area contributed by atoms with Crippen molar-refractivity contribution in [1.29, 1.82) is 0 Å². The molecule has 1 aliphatic carbocycles. The number of rotatable bonds is 0. The van der Waals surface area contributed by atoms with E-state index in [1.165, 1.54) is 47.8 Å². The van der Waals surface area contributed by atoms with E-state index in [1.807, 2.05) is 0 Å². The maximum absolute atomic E-state index is 3.69. The summed E-state index contributed by atoms with van der Waals surface area (Å²) in [6, 6.07) is 6.77. The van der Waals surface area contributed by atoms with E-state index in [9.17, 15) is 0 Å². The van der Waals surface area contributed by atoms with E-state index in [2.05, 4.69) is 44.0 Å². The van der Waals surface area contributed by atoms with E-state index in [-0.39, 0.29) is 5.41 Å². The van der Waals surface area contributed by atoms with E-state index in [1.54, 1.807) is 5.56 Å². The molecular weight excluding hydrogens is 206 g/mol. The monoisotopic (exact) mass is 227 g/mol. The third kappa shape index (κ3) is 1.69. The van der Waals surface area contributed by atoms with Crippen molar-refractivity contribution in [2.45, 2.75) is 51.9 Å². The fourth-order valence-corrected chi connectivity index (χ4v) is 3.05. The Labute approximate surface area is 103 Å². The van der Waals surface area contributed by atoms with Gasteiger partial charge >= 0.3 is 0 Å². The van der Waals surface area contributed by atoms with Gasteiger partial charge in [0.15, 0.2) is 0 Å². The van der Waals surface area contributed by atoms with Gasteiger partial charge < -0.3 is 4.98 Å². The number of hydrogen-bond donors (Lipinski definition) is 1. The molecule has 1 N–H and O–H groups in total. The molecule has 1 heterocycles. The molecule has 90 valence electrons. The summed E-state index contributed by atoms with van der Waals surface area (Å²) >= 11 is 0. The third-order valence-electron chi connectivity index (χ3n) is 3.94. The first-order valence-corrected chi connectivity index (χ1v) is 6.70. The molecule has 0 amide bonds. The Balaban J connectivity index is 2.30. The molecule has 1 heteroatoms. The fraction of sp³-hybridized carbons (Fsp3) is 0.500. The van der Waals surface area contributed by atoms with Gasteiger partial charge in [-0.1, -0.05) is 39.0 Å². The van der Waals surface area contributed by atoms with E-state index in [0.717, 1.165) is 0 Å². The van der Waals surface area contributed by atoms with Crippen LogP contribution in [0.3, 0.4) is 0 Å². The first-order valence-electron chi connectivity index (χ1n) is 6.70. The lowest BCUT2D eigenvalue weighted by Crippen LogP contribution is -2.11. The molecule has 1 aliphatic rings. The van der Waals surface area contributed by atoms with Gasteiger partial charge in [0.2, 0.25) is 0 Å². The highest BCUT2D eigenvalue weighted by Crippen LogP contribution is 2.35. The van der Waals surface area contributed by atoms with E-state index in [0.29, 0.717) is 0 Å². The maximum atomic E-state index is 3.69. The average Bonchev–Trinajstić information content (AvgIpc) is 2.65. The number of para-hydroxylation sites is 1. The summed E-state index contributed by atoms with van der Waals surface area (Å²) in [4.78, 5) is 3.69. The van der Waals surface area contributed by atoms with Crippen LogP contribution >= 0.6 is 0 Å². The molecule has 0 saturated carbocycles. The van der Waals surface area contributed by atoms with Crippen molar-refractivity contribution in [3.8, 4) is 0 Å². The zero-order chi connectivity index (χ0) is 12.0. The number of aromatic amines is 1. The van der Waals surface area contributed by atoms with Crippen LogP contribution in [0.25, 0.3) is 10.9 Å². The van der Waals surface area contributed by atoms with Crippen molar-refractivity contribution in [1.82, 2.24) is 4.98 Å². The van der Waals surface area contributed by atoms with Gasteiger partial charge in [0.25, 0.3) is 0 Å². The second kappa shape index (κ2) is 3.63. The van der Waals surface area contributed by atoms with Crippen molar-refractivity contribution in [3.05, 3.63) is 35.0 Å². The highest BCUT2D eigenvalue weighted by Gasteiger charge is 2.21. The predicted octanol–water partition coefficient (Wildman–Crippen LogP) is 4.34. The highest BCUT2D eigenvalue weighted by atomic mass is 14.7. The Hall–Kier alpha value is -1.24. The van der Waals surface area contributed by atoms with Crippen LogP contribution < -0.4 is 0 Å².